The molecule has 120 valence electrons. The lowest BCUT2D eigenvalue weighted by atomic mass is 9.94. The van der Waals surface area contributed by atoms with Crippen LogP contribution in [0.4, 0.5) is 0 Å². The fourth-order valence-electron chi connectivity index (χ4n) is 2.94. The summed E-state index contributed by atoms with van der Waals surface area (Å²) in [5.74, 6) is 0.0918. The lowest BCUT2D eigenvalue weighted by Gasteiger charge is -2.36. The van der Waals surface area contributed by atoms with Crippen molar-refractivity contribution in [2.75, 3.05) is 33.7 Å². The molecule has 0 aliphatic carbocycles. The van der Waals surface area contributed by atoms with Crippen molar-refractivity contribution in [2.24, 2.45) is 0 Å². The third kappa shape index (κ3) is 4.68. The number of rotatable bonds is 7. The number of nitrogens with zero attached hydrogens (tertiary/aromatic N) is 2. The van der Waals surface area contributed by atoms with Gasteiger partial charge in [-0.2, -0.15) is 0 Å². The molecule has 1 amide bonds. The second-order valence-electron chi connectivity index (χ2n) is 6.15. The van der Waals surface area contributed by atoms with Crippen molar-refractivity contribution in [3.63, 3.8) is 0 Å². The van der Waals surface area contributed by atoms with Crippen LogP contribution >= 0.6 is 0 Å². The number of hydrogen-bond acceptors (Lipinski definition) is 3. The second-order valence-corrected chi connectivity index (χ2v) is 6.15. The van der Waals surface area contributed by atoms with E-state index in [1.54, 1.807) is 6.08 Å². The van der Waals surface area contributed by atoms with Gasteiger partial charge in [0, 0.05) is 38.6 Å². The van der Waals surface area contributed by atoms with E-state index in [1.165, 1.54) is 11.1 Å². The summed E-state index contributed by atoms with van der Waals surface area (Å²) >= 11 is 0. The topological polar surface area (TPSA) is 35.6 Å². The summed E-state index contributed by atoms with van der Waals surface area (Å²) in [6, 6.07) is 9.19. The van der Waals surface area contributed by atoms with Gasteiger partial charge in [-0.25, -0.2) is 0 Å². The van der Waals surface area contributed by atoms with Gasteiger partial charge in [-0.1, -0.05) is 30.3 Å². The first-order chi connectivity index (χ1) is 10.6. The third-order valence-corrected chi connectivity index (χ3v) is 4.30. The molecule has 4 nitrogen and oxygen atoms in total. The number of benzene rings is 1. The van der Waals surface area contributed by atoms with Crippen LogP contribution in [-0.2, 0) is 17.8 Å². The predicted octanol–water partition coefficient (Wildman–Crippen LogP) is 1.67. The van der Waals surface area contributed by atoms with Crippen LogP contribution in [0.3, 0.4) is 0 Å². The van der Waals surface area contributed by atoms with Crippen LogP contribution in [0.5, 0.6) is 0 Å². The molecule has 1 heterocycles. The summed E-state index contributed by atoms with van der Waals surface area (Å²) in [4.78, 5) is 16.3. The van der Waals surface area contributed by atoms with Crippen LogP contribution in [0.2, 0.25) is 0 Å². The Morgan fingerprint density at radius 1 is 1.45 bits per heavy atom. The maximum Gasteiger partial charge on any atom is 0.221 e. The first-order valence-electron chi connectivity index (χ1n) is 7.93. The van der Waals surface area contributed by atoms with Crippen molar-refractivity contribution in [3.05, 3.63) is 48.0 Å². The molecule has 1 aliphatic heterocycles. The van der Waals surface area contributed by atoms with E-state index >= 15 is 0 Å². The molecule has 1 unspecified atom stereocenters. The van der Waals surface area contributed by atoms with E-state index in [2.05, 4.69) is 60.1 Å². The van der Waals surface area contributed by atoms with E-state index in [1.807, 2.05) is 0 Å². The summed E-state index contributed by atoms with van der Waals surface area (Å²) in [5.41, 5.74) is 2.90. The molecule has 0 bridgehead atoms. The maximum absolute atomic E-state index is 11.6. The predicted molar refractivity (Wildman–Crippen MR) is 90.7 cm³/mol. The zero-order valence-corrected chi connectivity index (χ0v) is 13.7. The van der Waals surface area contributed by atoms with Gasteiger partial charge in [-0.15, -0.1) is 6.58 Å². The Labute approximate surface area is 133 Å². The zero-order chi connectivity index (χ0) is 15.9. The zero-order valence-electron chi connectivity index (χ0n) is 13.7. The van der Waals surface area contributed by atoms with Gasteiger partial charge < -0.3 is 10.2 Å². The number of carbonyl (C=O) groups is 1. The Morgan fingerprint density at radius 3 is 2.91 bits per heavy atom. The van der Waals surface area contributed by atoms with Crippen molar-refractivity contribution in [3.8, 4) is 0 Å². The van der Waals surface area contributed by atoms with Crippen LogP contribution in [-0.4, -0.2) is 55.5 Å². The number of amides is 1. The third-order valence-electron chi connectivity index (χ3n) is 4.30. The van der Waals surface area contributed by atoms with E-state index < -0.39 is 0 Å². The summed E-state index contributed by atoms with van der Waals surface area (Å²) in [7, 11) is 4.28. The molecule has 0 saturated carbocycles. The van der Waals surface area contributed by atoms with Gasteiger partial charge >= 0.3 is 0 Å². The van der Waals surface area contributed by atoms with E-state index in [0.29, 0.717) is 19.0 Å². The number of hydrogen-bond donors (Lipinski definition) is 1. The smallest absolute Gasteiger partial charge is 0.221 e. The van der Waals surface area contributed by atoms with Gasteiger partial charge in [0.2, 0.25) is 5.91 Å². The summed E-state index contributed by atoms with van der Waals surface area (Å²) < 4.78 is 0. The number of fused-ring (bicyclic) bond motifs is 1. The number of carbonyl (C=O) groups excluding carboxylic acids is 1. The SMILES string of the molecule is C=CCNC(=O)CCN(C)CC1Cc2ccccc2CN1C. The average Bonchev–Trinajstić information content (AvgIpc) is 2.51. The fraction of sp³-hybridized carbons (Fsp3) is 0.500. The van der Waals surface area contributed by atoms with Crippen molar-refractivity contribution in [1.29, 1.82) is 0 Å². The van der Waals surface area contributed by atoms with Gasteiger partial charge in [-0.3, -0.25) is 9.69 Å². The summed E-state index contributed by atoms with van der Waals surface area (Å²) in [6.45, 7) is 6.93. The quantitative estimate of drug-likeness (QED) is 0.778. The standard InChI is InChI=1S/C18H27N3O/c1-4-10-19-18(22)9-11-20(2)14-17-12-15-7-5-6-8-16(15)13-21(17)3/h4-8,17H,1,9-14H2,2-3H3,(H,19,22). The monoisotopic (exact) mass is 301 g/mol. The molecule has 1 aromatic carbocycles. The van der Waals surface area contributed by atoms with E-state index in [-0.39, 0.29) is 5.91 Å². The molecule has 2 rings (SSSR count). The highest BCUT2D eigenvalue weighted by molar-refractivity contribution is 5.76. The second kappa shape index (κ2) is 8.11. The largest absolute Gasteiger partial charge is 0.353 e. The van der Waals surface area contributed by atoms with E-state index in [0.717, 1.165) is 26.1 Å². The Bertz CT molecular complexity index is 515. The van der Waals surface area contributed by atoms with Gasteiger partial charge in [0.05, 0.1) is 0 Å². The lowest BCUT2D eigenvalue weighted by Crippen LogP contribution is -2.45. The van der Waals surface area contributed by atoms with Gasteiger partial charge in [-0.05, 0) is 31.6 Å². The van der Waals surface area contributed by atoms with Crippen molar-refractivity contribution in [1.82, 2.24) is 15.1 Å². The maximum atomic E-state index is 11.6. The molecule has 0 fully saturated rings. The van der Waals surface area contributed by atoms with Crippen LogP contribution in [0.1, 0.15) is 17.5 Å². The Hall–Kier alpha value is -1.65. The molecule has 22 heavy (non-hydrogen) atoms. The van der Waals surface area contributed by atoms with Gasteiger partial charge in [0.15, 0.2) is 0 Å². The van der Waals surface area contributed by atoms with E-state index in [4.69, 9.17) is 0 Å². The Kier molecular flexibility index (Phi) is 6.16. The highest BCUT2D eigenvalue weighted by Gasteiger charge is 2.23. The normalized spacial score (nSPS) is 18.0. The van der Waals surface area contributed by atoms with Gasteiger partial charge in [0.1, 0.15) is 0 Å². The van der Waals surface area contributed by atoms with Crippen LogP contribution in [0, 0.1) is 0 Å². The lowest BCUT2D eigenvalue weighted by molar-refractivity contribution is -0.121. The molecular formula is C18H27N3O. The number of nitrogens with one attached hydrogen (secondary N) is 1. The molecular weight excluding hydrogens is 274 g/mol. The van der Waals surface area contributed by atoms with Crippen molar-refractivity contribution in [2.45, 2.75) is 25.4 Å². The minimum atomic E-state index is 0.0918. The molecule has 0 aromatic heterocycles. The summed E-state index contributed by atoms with van der Waals surface area (Å²) in [5, 5.41) is 2.82. The molecule has 1 atom stereocenters. The molecule has 0 radical (unpaired) electrons. The molecule has 4 heteroatoms. The van der Waals surface area contributed by atoms with Crippen LogP contribution in [0.15, 0.2) is 36.9 Å². The van der Waals surface area contributed by atoms with E-state index in [9.17, 15) is 4.79 Å². The van der Waals surface area contributed by atoms with Crippen LogP contribution in [0.25, 0.3) is 0 Å². The molecule has 1 aliphatic rings. The molecule has 1 aromatic rings. The number of likely N-dealkylation sites (N-methyl/N-ethyl adjacent to an activating group) is 2. The molecule has 1 N–H and O–H groups in total. The molecule has 0 saturated heterocycles. The first kappa shape index (κ1) is 16.7. The Balaban J connectivity index is 1.80. The minimum absolute atomic E-state index is 0.0918. The fourth-order valence-corrected chi connectivity index (χ4v) is 2.94. The molecule has 0 spiro atoms. The minimum Gasteiger partial charge on any atom is -0.353 e. The summed E-state index contributed by atoms with van der Waals surface area (Å²) in [6.07, 6.45) is 3.33. The van der Waals surface area contributed by atoms with Gasteiger partial charge in [0.25, 0.3) is 0 Å². The van der Waals surface area contributed by atoms with Crippen molar-refractivity contribution < 1.29 is 4.79 Å². The first-order valence-corrected chi connectivity index (χ1v) is 7.93. The highest BCUT2D eigenvalue weighted by atomic mass is 16.1. The van der Waals surface area contributed by atoms with Crippen LogP contribution < -0.4 is 5.32 Å². The van der Waals surface area contributed by atoms with Crippen molar-refractivity contribution >= 4 is 5.91 Å². The highest BCUT2D eigenvalue weighted by Crippen LogP contribution is 2.22. The Morgan fingerprint density at radius 2 is 2.18 bits per heavy atom. The average molecular weight is 301 g/mol.